The molecule has 0 aliphatic rings. The average Bonchev–Trinajstić information content (AvgIpc) is 3.61. The van der Waals surface area contributed by atoms with Gasteiger partial charge in [-0.05, 0) is 91.5 Å². The van der Waals surface area contributed by atoms with E-state index in [1.165, 1.54) is 43.4 Å². The van der Waals surface area contributed by atoms with Gasteiger partial charge in [0.05, 0.1) is 5.56 Å². The lowest BCUT2D eigenvalue weighted by atomic mass is 9.94. The number of anilines is 3. The molecular formula is C49H30N2O. The number of nitrogens with zero attached hydrogens (tertiary/aromatic N) is 2. The van der Waals surface area contributed by atoms with Crippen LogP contribution in [0.15, 0.2) is 186 Å². The van der Waals surface area contributed by atoms with Crippen molar-refractivity contribution in [2.45, 2.75) is 0 Å². The molecule has 242 valence electrons. The quantitative estimate of drug-likeness (QED) is 0.172. The van der Waals surface area contributed by atoms with Crippen LogP contribution < -0.4 is 4.90 Å². The predicted molar refractivity (Wildman–Crippen MR) is 217 cm³/mol. The van der Waals surface area contributed by atoms with Crippen molar-refractivity contribution in [1.29, 1.82) is 5.26 Å². The van der Waals surface area contributed by atoms with Crippen LogP contribution in [-0.4, -0.2) is 0 Å². The van der Waals surface area contributed by atoms with Crippen LogP contribution in [0.2, 0.25) is 0 Å². The standard InChI is InChI=1S/C49H30N2O/c50-31-35-12-8-18-45-46-19-9-17-39(49(46)52-48(35)45)34-22-26-37(27-23-34)51(36-24-20-33(21-25-36)32-10-2-1-3-11-32)38-28-29-44-42-15-5-4-13-40(42)41-14-6-7-16-43(41)47(44)30-38/h1-30H. The van der Waals surface area contributed by atoms with Crippen molar-refractivity contribution in [3.8, 4) is 28.3 Å². The topological polar surface area (TPSA) is 40.2 Å². The van der Waals surface area contributed by atoms with E-state index in [-0.39, 0.29) is 0 Å². The van der Waals surface area contributed by atoms with E-state index in [1.54, 1.807) is 6.07 Å². The van der Waals surface area contributed by atoms with Crippen molar-refractivity contribution in [3.63, 3.8) is 0 Å². The zero-order valence-electron chi connectivity index (χ0n) is 28.1. The molecule has 0 unspecified atom stereocenters. The summed E-state index contributed by atoms with van der Waals surface area (Å²) >= 11 is 0. The average molecular weight is 663 g/mol. The third-order valence-corrected chi connectivity index (χ3v) is 10.3. The highest BCUT2D eigenvalue weighted by Gasteiger charge is 2.18. The minimum atomic E-state index is 0.542. The summed E-state index contributed by atoms with van der Waals surface area (Å²) in [5.41, 5.74) is 9.56. The molecule has 10 rings (SSSR count). The second kappa shape index (κ2) is 12.0. The maximum Gasteiger partial charge on any atom is 0.153 e. The minimum absolute atomic E-state index is 0.542. The number of benzene rings is 9. The van der Waals surface area contributed by atoms with Crippen molar-refractivity contribution in [3.05, 3.63) is 188 Å². The Morgan fingerprint density at radius 1 is 0.365 bits per heavy atom. The highest BCUT2D eigenvalue weighted by molar-refractivity contribution is 6.25. The van der Waals surface area contributed by atoms with Crippen LogP contribution in [0.3, 0.4) is 0 Å². The van der Waals surface area contributed by atoms with Crippen LogP contribution in [0.1, 0.15) is 5.56 Å². The van der Waals surface area contributed by atoms with Gasteiger partial charge < -0.3 is 9.32 Å². The molecule has 0 saturated carbocycles. The first-order chi connectivity index (χ1) is 25.7. The summed E-state index contributed by atoms with van der Waals surface area (Å²) in [6, 6.07) is 66.5. The van der Waals surface area contributed by atoms with E-state index in [9.17, 15) is 5.26 Å². The zero-order chi connectivity index (χ0) is 34.6. The molecule has 3 heteroatoms. The zero-order valence-corrected chi connectivity index (χ0v) is 28.1. The maximum absolute atomic E-state index is 9.73. The van der Waals surface area contributed by atoms with Crippen LogP contribution >= 0.6 is 0 Å². The van der Waals surface area contributed by atoms with Crippen molar-refractivity contribution >= 4 is 71.3 Å². The fourth-order valence-electron chi connectivity index (χ4n) is 7.84. The molecule has 0 saturated heterocycles. The number of nitriles is 1. The molecule has 1 heterocycles. The Balaban J connectivity index is 1.14. The van der Waals surface area contributed by atoms with E-state index >= 15 is 0 Å². The molecule has 0 atom stereocenters. The molecule has 52 heavy (non-hydrogen) atoms. The number of hydrogen-bond donors (Lipinski definition) is 0. The van der Waals surface area contributed by atoms with Gasteiger partial charge >= 0.3 is 0 Å². The van der Waals surface area contributed by atoms with E-state index in [0.717, 1.165) is 44.5 Å². The minimum Gasteiger partial charge on any atom is -0.454 e. The summed E-state index contributed by atoms with van der Waals surface area (Å²) in [5.74, 6) is 0. The molecule has 0 bridgehead atoms. The molecule has 0 aliphatic heterocycles. The molecule has 1 aromatic heterocycles. The highest BCUT2D eigenvalue weighted by atomic mass is 16.3. The first-order valence-corrected chi connectivity index (χ1v) is 17.5. The number of hydrogen-bond acceptors (Lipinski definition) is 3. The lowest BCUT2D eigenvalue weighted by Gasteiger charge is -2.26. The van der Waals surface area contributed by atoms with Gasteiger partial charge in [-0.1, -0.05) is 140 Å². The fraction of sp³-hybridized carbons (Fsp3) is 0. The Kier molecular flexibility index (Phi) is 6.87. The maximum atomic E-state index is 9.73. The van der Waals surface area contributed by atoms with E-state index in [2.05, 4.69) is 169 Å². The van der Waals surface area contributed by atoms with Crippen LogP contribution in [0.4, 0.5) is 17.1 Å². The number of rotatable bonds is 5. The number of para-hydroxylation sites is 2. The van der Waals surface area contributed by atoms with Crippen molar-refractivity contribution < 1.29 is 4.42 Å². The van der Waals surface area contributed by atoms with E-state index in [0.29, 0.717) is 11.1 Å². The first kappa shape index (κ1) is 29.7. The smallest absolute Gasteiger partial charge is 0.153 e. The SMILES string of the molecule is N#Cc1cccc2c1oc1c(-c3ccc(N(c4ccc(-c5ccccc5)cc4)c4ccc5c6ccccc6c6ccccc6c5c4)cc3)cccc12. The Morgan fingerprint density at radius 3 is 1.48 bits per heavy atom. The van der Waals surface area contributed by atoms with Crippen LogP contribution in [0, 0.1) is 11.3 Å². The molecular weight excluding hydrogens is 633 g/mol. The summed E-state index contributed by atoms with van der Waals surface area (Å²) in [4.78, 5) is 2.34. The van der Waals surface area contributed by atoms with Crippen molar-refractivity contribution in [2.75, 3.05) is 4.90 Å². The molecule has 0 amide bonds. The van der Waals surface area contributed by atoms with Gasteiger partial charge in [-0.3, -0.25) is 0 Å². The Bertz CT molecular complexity index is 2970. The molecule has 3 nitrogen and oxygen atoms in total. The van der Waals surface area contributed by atoms with E-state index in [4.69, 9.17) is 4.42 Å². The molecule has 0 spiro atoms. The second-order valence-electron chi connectivity index (χ2n) is 13.2. The predicted octanol–water partition coefficient (Wildman–Crippen LogP) is 13.7. The summed E-state index contributed by atoms with van der Waals surface area (Å²) in [6.45, 7) is 0. The molecule has 10 aromatic rings. The van der Waals surface area contributed by atoms with E-state index < -0.39 is 0 Å². The number of furan rings is 1. The Labute approximate surface area is 300 Å². The summed E-state index contributed by atoms with van der Waals surface area (Å²) < 4.78 is 6.40. The Hall–Kier alpha value is -7.15. The third kappa shape index (κ3) is 4.74. The van der Waals surface area contributed by atoms with Crippen LogP contribution in [0.5, 0.6) is 0 Å². The van der Waals surface area contributed by atoms with Gasteiger partial charge in [-0.15, -0.1) is 0 Å². The summed E-state index contributed by atoms with van der Waals surface area (Å²) in [7, 11) is 0. The summed E-state index contributed by atoms with van der Waals surface area (Å²) in [6.07, 6.45) is 0. The Morgan fingerprint density at radius 2 is 0.846 bits per heavy atom. The van der Waals surface area contributed by atoms with Crippen LogP contribution in [-0.2, 0) is 0 Å². The molecule has 9 aromatic carbocycles. The van der Waals surface area contributed by atoms with Gasteiger partial charge in [0.15, 0.2) is 5.58 Å². The monoisotopic (exact) mass is 662 g/mol. The largest absolute Gasteiger partial charge is 0.454 e. The number of fused-ring (bicyclic) bond motifs is 9. The van der Waals surface area contributed by atoms with Gasteiger partial charge in [0.1, 0.15) is 11.7 Å². The molecule has 0 N–H and O–H groups in total. The lowest BCUT2D eigenvalue weighted by molar-refractivity contribution is 0.668. The van der Waals surface area contributed by atoms with Gasteiger partial charge in [-0.25, -0.2) is 0 Å². The fourth-order valence-corrected chi connectivity index (χ4v) is 7.84. The van der Waals surface area contributed by atoms with Gasteiger partial charge in [-0.2, -0.15) is 5.26 Å². The second-order valence-corrected chi connectivity index (χ2v) is 13.2. The third-order valence-electron chi connectivity index (χ3n) is 10.3. The normalized spacial score (nSPS) is 11.4. The molecule has 0 radical (unpaired) electrons. The van der Waals surface area contributed by atoms with Crippen molar-refractivity contribution in [1.82, 2.24) is 0 Å². The first-order valence-electron chi connectivity index (χ1n) is 17.5. The lowest BCUT2D eigenvalue weighted by Crippen LogP contribution is -2.10. The van der Waals surface area contributed by atoms with Gasteiger partial charge in [0.25, 0.3) is 0 Å². The molecule has 0 aliphatic carbocycles. The van der Waals surface area contributed by atoms with Gasteiger partial charge in [0.2, 0.25) is 0 Å². The van der Waals surface area contributed by atoms with Crippen LogP contribution in [0.25, 0.3) is 76.5 Å². The van der Waals surface area contributed by atoms with Crippen molar-refractivity contribution in [2.24, 2.45) is 0 Å². The van der Waals surface area contributed by atoms with Gasteiger partial charge in [0, 0.05) is 33.4 Å². The highest BCUT2D eigenvalue weighted by Crippen LogP contribution is 2.43. The van der Waals surface area contributed by atoms with E-state index in [1.807, 2.05) is 18.2 Å². The molecule has 0 fully saturated rings. The summed E-state index contributed by atoms with van der Waals surface area (Å²) in [5, 5.41) is 19.2.